The van der Waals surface area contributed by atoms with Crippen molar-refractivity contribution >= 4 is 90.3 Å². The monoisotopic (exact) mass is 642 g/mol. The van der Waals surface area contributed by atoms with Crippen molar-refractivity contribution < 1.29 is 37.6 Å². The molecule has 2 aliphatic heterocycles. The molecule has 1 amide bonds. The van der Waals surface area contributed by atoms with E-state index in [1.807, 2.05) is 24.3 Å². The first-order chi connectivity index (χ1) is 18.9. The van der Waals surface area contributed by atoms with Gasteiger partial charge in [0.2, 0.25) is 0 Å². The summed E-state index contributed by atoms with van der Waals surface area (Å²) in [5.74, 6) is -3.67. The van der Waals surface area contributed by atoms with Gasteiger partial charge in [-0.3, -0.25) is 33.2 Å². The van der Waals surface area contributed by atoms with Crippen LogP contribution >= 0.6 is 47.1 Å². The number of allylic oxidation sites excluding steroid dienone is 2. The highest BCUT2D eigenvalue weighted by molar-refractivity contribution is 8.30. The highest BCUT2D eigenvalue weighted by Gasteiger charge is 2.35. The first-order valence-corrected chi connectivity index (χ1v) is 16.2. The Morgan fingerprint density at radius 2 is 1.73 bits per heavy atom. The van der Waals surface area contributed by atoms with Crippen LogP contribution in [0.1, 0.15) is 30.7 Å². The zero-order chi connectivity index (χ0) is 29.2. The predicted molar refractivity (Wildman–Crippen MR) is 156 cm³/mol. The number of thiocarbonyl (C=S) groups is 1. The second-order valence-electron chi connectivity index (χ2n) is 8.75. The van der Waals surface area contributed by atoms with Crippen LogP contribution in [0.25, 0.3) is 11.0 Å². The second kappa shape index (κ2) is 12.4. The molecule has 2 aromatic rings. The van der Waals surface area contributed by atoms with Crippen LogP contribution in [0, 0.1) is 0 Å². The number of carbonyl (C=O) groups excluding carboxylic acids is 1. The lowest BCUT2D eigenvalue weighted by molar-refractivity contribution is -0.140. The average Bonchev–Trinajstić information content (AvgIpc) is 3.47. The molecule has 0 aliphatic carbocycles. The lowest BCUT2D eigenvalue weighted by Crippen LogP contribution is -2.36. The van der Waals surface area contributed by atoms with Crippen molar-refractivity contribution in [1.29, 1.82) is 0 Å². The zero-order valence-corrected chi connectivity index (χ0v) is 24.6. The number of rotatable bonds is 10. The quantitative estimate of drug-likeness (QED) is 0.195. The molecular formula is C24H22N2O9S5. The van der Waals surface area contributed by atoms with E-state index in [1.54, 1.807) is 12.2 Å². The number of thiazole rings is 1. The summed E-state index contributed by atoms with van der Waals surface area (Å²) in [6.07, 6.45) is 4.76. The third-order valence-corrected chi connectivity index (χ3v) is 10.7. The Kier molecular flexibility index (Phi) is 9.36. The van der Waals surface area contributed by atoms with Gasteiger partial charge in [0.1, 0.15) is 27.0 Å². The molecule has 0 spiro atoms. The van der Waals surface area contributed by atoms with Gasteiger partial charge in [0.25, 0.3) is 21.6 Å². The molecule has 1 aromatic heterocycles. The van der Waals surface area contributed by atoms with E-state index in [9.17, 15) is 32.7 Å². The number of nitrogens with zero attached hydrogens (tertiary/aromatic N) is 2. The molecule has 1 fully saturated rings. The topological polar surface area (TPSA) is 171 Å². The summed E-state index contributed by atoms with van der Waals surface area (Å²) < 4.78 is 32.4. The molecular weight excluding hydrogens is 621 g/mol. The van der Waals surface area contributed by atoms with Crippen LogP contribution in [0.5, 0.6) is 0 Å². The Bertz CT molecular complexity index is 1720. The molecule has 3 N–H and O–H groups in total. The number of unbranched alkanes of at least 4 members (excludes halogenated alkanes) is 1. The summed E-state index contributed by atoms with van der Waals surface area (Å²) in [6.45, 7) is -1.36. The molecule has 0 bridgehead atoms. The summed E-state index contributed by atoms with van der Waals surface area (Å²) in [6, 6.07) is 7.74. The van der Waals surface area contributed by atoms with Crippen molar-refractivity contribution in [3.8, 4) is 0 Å². The summed E-state index contributed by atoms with van der Waals surface area (Å²) >= 11 is 8.37. The molecule has 1 unspecified atom stereocenters. The van der Waals surface area contributed by atoms with Crippen LogP contribution in [0.3, 0.4) is 0 Å². The van der Waals surface area contributed by atoms with Gasteiger partial charge in [0.05, 0.1) is 10.3 Å². The predicted octanol–water partition coefficient (Wildman–Crippen LogP) is 1.66. The van der Waals surface area contributed by atoms with Crippen molar-refractivity contribution in [2.24, 2.45) is 0 Å². The van der Waals surface area contributed by atoms with E-state index in [-0.39, 0.29) is 30.1 Å². The normalized spacial score (nSPS) is 20.0. The number of carboxylic acid groups (broad SMARTS) is 2. The largest absolute Gasteiger partial charge is 0.480 e. The molecule has 16 heteroatoms. The van der Waals surface area contributed by atoms with Gasteiger partial charge in [0.15, 0.2) is 0 Å². The van der Waals surface area contributed by atoms with Gasteiger partial charge in [-0.1, -0.05) is 66.4 Å². The Morgan fingerprint density at radius 3 is 2.40 bits per heavy atom. The molecule has 1 aromatic carbocycles. The number of aliphatic carboxylic acids is 2. The van der Waals surface area contributed by atoms with Gasteiger partial charge in [-0.25, -0.2) is 0 Å². The van der Waals surface area contributed by atoms with E-state index >= 15 is 0 Å². The van der Waals surface area contributed by atoms with E-state index in [4.69, 9.17) is 21.9 Å². The lowest BCUT2D eigenvalue weighted by Gasteiger charge is -2.12. The molecule has 0 radical (unpaired) electrons. The molecule has 1 saturated heterocycles. The summed E-state index contributed by atoms with van der Waals surface area (Å²) in [7, 11) is -4.05. The minimum atomic E-state index is -4.05. The summed E-state index contributed by atoms with van der Waals surface area (Å²) in [5, 5.41) is 18.5. The van der Waals surface area contributed by atoms with Crippen molar-refractivity contribution in [2.45, 2.75) is 36.6 Å². The van der Waals surface area contributed by atoms with Crippen LogP contribution < -0.4 is 14.8 Å². The van der Waals surface area contributed by atoms with Gasteiger partial charge < -0.3 is 10.2 Å². The Balaban J connectivity index is 1.74. The standard InChI is InChI=1S/C24H22N2O9S5/c27-18(28)11-25-21(31)17(38-23(25)20-22(32)26(12-19(29)30)24(36)39-20)9-8-16-14(6-3-4-10-40(33,34)35)13-5-1-2-7-15(13)37-16/h1-2,5,7-9,14H,3-4,6,10-12H2,(H,27,28)(H,29,30)(H,33,34,35). The van der Waals surface area contributed by atoms with E-state index in [0.717, 1.165) is 47.9 Å². The zero-order valence-electron chi connectivity index (χ0n) is 20.5. The van der Waals surface area contributed by atoms with Crippen LogP contribution in [-0.2, 0) is 31.0 Å². The highest BCUT2D eigenvalue weighted by atomic mass is 32.2. The van der Waals surface area contributed by atoms with Gasteiger partial charge in [0, 0.05) is 10.8 Å². The Labute approximate surface area is 245 Å². The van der Waals surface area contributed by atoms with Gasteiger partial charge in [-0.05, 0) is 35.5 Å². The summed E-state index contributed by atoms with van der Waals surface area (Å²) in [5.41, 5.74) is 0.442. The minimum Gasteiger partial charge on any atom is -0.480 e. The van der Waals surface area contributed by atoms with Gasteiger partial charge >= 0.3 is 11.9 Å². The van der Waals surface area contributed by atoms with E-state index in [0.29, 0.717) is 19.3 Å². The van der Waals surface area contributed by atoms with Crippen molar-refractivity contribution in [1.82, 2.24) is 9.47 Å². The summed E-state index contributed by atoms with van der Waals surface area (Å²) in [4.78, 5) is 51.6. The smallest absolute Gasteiger partial charge is 0.323 e. The van der Waals surface area contributed by atoms with Crippen LogP contribution in [0.2, 0.25) is 0 Å². The van der Waals surface area contributed by atoms with Crippen LogP contribution in [-0.4, -0.2) is 67.1 Å². The third kappa shape index (κ3) is 6.92. The number of carbonyl (C=O) groups is 3. The number of hydrogen-bond donors (Lipinski definition) is 3. The molecule has 40 heavy (non-hydrogen) atoms. The number of benzene rings is 1. The van der Waals surface area contributed by atoms with E-state index in [1.165, 1.54) is 11.8 Å². The molecule has 3 heterocycles. The molecule has 212 valence electrons. The average molecular weight is 643 g/mol. The Morgan fingerprint density at radius 1 is 1.02 bits per heavy atom. The molecule has 2 aliphatic rings. The maximum Gasteiger partial charge on any atom is 0.323 e. The highest BCUT2D eigenvalue weighted by Crippen LogP contribution is 2.50. The number of amides is 1. The molecule has 11 nitrogen and oxygen atoms in total. The minimum absolute atomic E-state index is 0.00488. The number of hydrogen-bond acceptors (Lipinski definition) is 10. The van der Waals surface area contributed by atoms with Gasteiger partial charge in [-0.15, -0.1) is 11.3 Å². The Hall–Kier alpha value is -2.76. The van der Waals surface area contributed by atoms with E-state index in [2.05, 4.69) is 0 Å². The number of fused-ring (bicyclic) bond motifs is 1. The van der Waals surface area contributed by atoms with Crippen molar-refractivity contribution in [3.63, 3.8) is 0 Å². The fraction of sp³-hybridized carbons (Fsp3) is 0.292. The maximum absolute atomic E-state index is 13.2. The first kappa shape index (κ1) is 30.2. The number of aromatic nitrogens is 1. The fourth-order valence-electron chi connectivity index (χ4n) is 4.23. The molecule has 1 atom stereocenters. The SMILES string of the molecule is O=C(O)CN1C(=O)C(=c2sc(=CC=C3Sc4ccccc4C3CCCCS(=O)(=O)O)c(=O)n2CC(=O)O)SC1=S. The van der Waals surface area contributed by atoms with Gasteiger partial charge in [-0.2, -0.15) is 8.42 Å². The number of thioether (sulfide) groups is 2. The van der Waals surface area contributed by atoms with E-state index < -0.39 is 46.6 Å². The lowest BCUT2D eigenvalue weighted by atomic mass is 9.93. The fourth-order valence-corrected chi connectivity index (χ4v) is 8.51. The molecule has 0 saturated carbocycles. The van der Waals surface area contributed by atoms with Crippen LogP contribution in [0.15, 0.2) is 44.9 Å². The first-order valence-electron chi connectivity index (χ1n) is 11.7. The van der Waals surface area contributed by atoms with Crippen LogP contribution in [0.4, 0.5) is 0 Å². The van der Waals surface area contributed by atoms with Crippen molar-refractivity contribution in [2.75, 3.05) is 12.3 Å². The third-order valence-electron chi connectivity index (χ3n) is 5.95. The van der Waals surface area contributed by atoms with Crippen molar-refractivity contribution in [3.05, 3.63) is 60.4 Å². The second-order valence-corrected chi connectivity index (χ2v) is 14.1. The maximum atomic E-state index is 13.2. The number of carboxylic acids is 2. The molecule has 4 rings (SSSR count).